The molecule has 0 amide bonds. The number of Topliss-reactive ketones (excluding diaryl/α,β-unsaturated/α-hetero) is 1. The van der Waals surface area contributed by atoms with Crippen molar-refractivity contribution in [1.82, 2.24) is 4.98 Å². The first-order valence-corrected chi connectivity index (χ1v) is 9.04. The van der Waals surface area contributed by atoms with E-state index in [1.54, 1.807) is 12.4 Å². The van der Waals surface area contributed by atoms with Crippen molar-refractivity contribution in [2.24, 2.45) is 0 Å². The molecule has 0 N–H and O–H groups in total. The van der Waals surface area contributed by atoms with Gasteiger partial charge in [0.25, 0.3) is 0 Å². The van der Waals surface area contributed by atoms with Crippen LogP contribution >= 0.6 is 11.6 Å². The predicted octanol–water partition coefficient (Wildman–Crippen LogP) is 5.20. The van der Waals surface area contributed by atoms with Gasteiger partial charge in [-0.3, -0.25) is 9.78 Å². The second-order valence-corrected chi connectivity index (χ2v) is 6.66. The van der Waals surface area contributed by atoms with Crippen molar-refractivity contribution in [1.29, 1.82) is 0 Å². The molecule has 1 aromatic heterocycles. The molecule has 0 radical (unpaired) electrons. The fourth-order valence-corrected chi connectivity index (χ4v) is 2.87. The number of aromatic nitrogens is 1. The third-order valence-corrected chi connectivity index (χ3v) is 4.42. The van der Waals surface area contributed by atoms with Crippen LogP contribution in [-0.4, -0.2) is 10.8 Å². The van der Waals surface area contributed by atoms with Crippen molar-refractivity contribution in [3.05, 3.63) is 94.5 Å². The van der Waals surface area contributed by atoms with Crippen molar-refractivity contribution < 1.29 is 13.9 Å². The molecule has 0 aliphatic rings. The number of ketones is 1. The van der Waals surface area contributed by atoms with E-state index in [1.165, 1.54) is 18.2 Å². The zero-order chi connectivity index (χ0) is 19.1. The highest BCUT2D eigenvalue weighted by molar-refractivity contribution is 6.32. The second kappa shape index (κ2) is 9.28. The molecule has 0 spiro atoms. The maximum Gasteiger partial charge on any atom is 0.138 e. The fourth-order valence-electron chi connectivity index (χ4n) is 2.65. The highest BCUT2D eigenvalue weighted by Gasteiger charge is 2.06. The molecule has 27 heavy (non-hydrogen) atoms. The zero-order valence-electron chi connectivity index (χ0n) is 14.7. The number of carbonyl (C=O) groups is 1. The van der Waals surface area contributed by atoms with Gasteiger partial charge >= 0.3 is 0 Å². The number of rotatable bonds is 8. The van der Waals surface area contributed by atoms with Crippen molar-refractivity contribution in [2.45, 2.75) is 25.9 Å². The monoisotopic (exact) mass is 383 g/mol. The van der Waals surface area contributed by atoms with Crippen molar-refractivity contribution in [3.63, 3.8) is 0 Å². The Kier molecular flexibility index (Phi) is 6.55. The number of hydrogen-bond acceptors (Lipinski definition) is 3. The second-order valence-electron chi connectivity index (χ2n) is 6.26. The molecule has 0 fully saturated rings. The lowest BCUT2D eigenvalue weighted by atomic mass is 10.0. The highest BCUT2D eigenvalue weighted by atomic mass is 35.5. The first-order chi connectivity index (χ1) is 13.1. The van der Waals surface area contributed by atoms with Crippen LogP contribution in [0.25, 0.3) is 0 Å². The quantitative estimate of drug-likeness (QED) is 0.536. The Balaban J connectivity index is 1.48. The first-order valence-electron chi connectivity index (χ1n) is 8.66. The molecule has 0 aliphatic carbocycles. The van der Waals surface area contributed by atoms with E-state index in [0.717, 1.165) is 16.7 Å². The number of carbonyl (C=O) groups excluding carboxylic acids is 1. The van der Waals surface area contributed by atoms with Gasteiger partial charge in [0.1, 0.15) is 24.0 Å². The molecule has 1 heterocycles. The standard InChI is InChI=1S/C22H19ClFNO2/c23-21-13-19(24)8-10-22(21)27-15-18-5-3-16(4-6-18)12-20(26)9-7-17-2-1-11-25-14-17/h1-6,8,10-11,13-14H,7,9,12,15H2. The summed E-state index contributed by atoms with van der Waals surface area (Å²) in [6.07, 6.45) is 5.12. The Labute approximate surface area is 162 Å². The minimum atomic E-state index is -0.398. The van der Waals surface area contributed by atoms with Gasteiger partial charge in [-0.2, -0.15) is 0 Å². The molecule has 3 nitrogen and oxygen atoms in total. The Hall–Kier alpha value is -2.72. The average molecular weight is 384 g/mol. The lowest BCUT2D eigenvalue weighted by Crippen LogP contribution is -2.05. The number of pyridine rings is 1. The topological polar surface area (TPSA) is 39.2 Å². The summed E-state index contributed by atoms with van der Waals surface area (Å²) in [6, 6.07) is 15.6. The van der Waals surface area contributed by atoms with Crippen LogP contribution in [0.15, 0.2) is 67.0 Å². The molecule has 2 aromatic carbocycles. The third-order valence-electron chi connectivity index (χ3n) is 4.13. The number of nitrogens with zero attached hydrogens (tertiary/aromatic N) is 1. The van der Waals surface area contributed by atoms with Crippen molar-refractivity contribution in [2.75, 3.05) is 0 Å². The molecular weight excluding hydrogens is 365 g/mol. The lowest BCUT2D eigenvalue weighted by Gasteiger charge is -2.09. The minimum Gasteiger partial charge on any atom is -0.487 e. The smallest absolute Gasteiger partial charge is 0.138 e. The molecule has 0 aliphatic heterocycles. The Morgan fingerprint density at radius 1 is 1.04 bits per heavy atom. The van der Waals surface area contributed by atoms with Gasteiger partial charge in [0.2, 0.25) is 0 Å². The number of benzene rings is 2. The van der Waals surface area contributed by atoms with Gasteiger partial charge in [0.05, 0.1) is 5.02 Å². The third kappa shape index (κ3) is 5.90. The summed E-state index contributed by atoms with van der Waals surface area (Å²) in [5.74, 6) is 0.235. The molecule has 3 aromatic rings. The Morgan fingerprint density at radius 2 is 1.81 bits per heavy atom. The van der Waals surface area contributed by atoms with Gasteiger partial charge in [-0.1, -0.05) is 41.9 Å². The van der Waals surface area contributed by atoms with E-state index in [0.29, 0.717) is 31.6 Å². The molecule has 3 rings (SSSR count). The molecule has 5 heteroatoms. The maximum absolute atomic E-state index is 13.0. The molecule has 0 saturated carbocycles. The summed E-state index contributed by atoms with van der Waals surface area (Å²) in [6.45, 7) is 0.320. The number of halogens is 2. The SMILES string of the molecule is O=C(CCc1cccnc1)Cc1ccc(COc2ccc(F)cc2Cl)cc1. The summed E-state index contributed by atoms with van der Waals surface area (Å²) in [7, 11) is 0. The van der Waals surface area contributed by atoms with Crippen LogP contribution in [0.4, 0.5) is 4.39 Å². The summed E-state index contributed by atoms with van der Waals surface area (Å²) >= 11 is 5.95. The van der Waals surface area contributed by atoms with E-state index >= 15 is 0 Å². The first kappa shape index (κ1) is 19.1. The Bertz CT molecular complexity index is 898. The van der Waals surface area contributed by atoms with Crippen LogP contribution in [0.2, 0.25) is 5.02 Å². The minimum absolute atomic E-state index is 0.195. The largest absolute Gasteiger partial charge is 0.487 e. The van der Waals surface area contributed by atoms with E-state index in [2.05, 4.69) is 4.98 Å². The van der Waals surface area contributed by atoms with E-state index in [9.17, 15) is 9.18 Å². The van der Waals surface area contributed by atoms with Crippen molar-refractivity contribution in [3.8, 4) is 5.75 Å². The van der Waals surface area contributed by atoms with E-state index < -0.39 is 5.82 Å². The van der Waals surface area contributed by atoms with Crippen LogP contribution in [0, 0.1) is 5.82 Å². The van der Waals surface area contributed by atoms with E-state index in [4.69, 9.17) is 16.3 Å². The van der Waals surface area contributed by atoms with Crippen LogP contribution < -0.4 is 4.74 Å². The van der Waals surface area contributed by atoms with Gasteiger partial charge in [-0.15, -0.1) is 0 Å². The molecule has 0 atom stereocenters. The van der Waals surface area contributed by atoms with Crippen LogP contribution in [0.3, 0.4) is 0 Å². The van der Waals surface area contributed by atoms with E-state index in [1.807, 2.05) is 36.4 Å². The normalized spacial score (nSPS) is 10.6. The molecule has 138 valence electrons. The Morgan fingerprint density at radius 3 is 2.52 bits per heavy atom. The number of aryl methyl sites for hydroxylation is 1. The number of ether oxygens (including phenoxy) is 1. The summed E-state index contributed by atoms with van der Waals surface area (Å²) in [5.41, 5.74) is 2.98. The van der Waals surface area contributed by atoms with Crippen LogP contribution in [0.1, 0.15) is 23.1 Å². The maximum atomic E-state index is 13.0. The van der Waals surface area contributed by atoms with Crippen LogP contribution in [0.5, 0.6) is 5.75 Å². The summed E-state index contributed by atoms with van der Waals surface area (Å²) in [5, 5.41) is 0.242. The molecule has 0 unspecified atom stereocenters. The zero-order valence-corrected chi connectivity index (χ0v) is 15.5. The van der Waals surface area contributed by atoms with Crippen LogP contribution in [-0.2, 0) is 24.2 Å². The van der Waals surface area contributed by atoms with Gasteiger partial charge in [-0.25, -0.2) is 4.39 Å². The molecule has 0 bridgehead atoms. The summed E-state index contributed by atoms with van der Waals surface area (Å²) in [4.78, 5) is 16.2. The van der Waals surface area contributed by atoms with E-state index in [-0.39, 0.29) is 10.8 Å². The fraction of sp³-hybridized carbons (Fsp3) is 0.182. The van der Waals surface area contributed by atoms with Crippen molar-refractivity contribution >= 4 is 17.4 Å². The van der Waals surface area contributed by atoms with Gasteiger partial charge in [0, 0.05) is 25.2 Å². The lowest BCUT2D eigenvalue weighted by molar-refractivity contribution is -0.118. The number of hydrogen-bond donors (Lipinski definition) is 0. The predicted molar refractivity (Wildman–Crippen MR) is 103 cm³/mol. The van der Waals surface area contributed by atoms with Gasteiger partial charge < -0.3 is 4.74 Å². The molecular formula is C22H19ClFNO2. The average Bonchev–Trinajstić information content (AvgIpc) is 2.68. The van der Waals surface area contributed by atoms with Gasteiger partial charge in [-0.05, 0) is 47.4 Å². The van der Waals surface area contributed by atoms with Gasteiger partial charge in [0.15, 0.2) is 0 Å². The summed E-state index contributed by atoms with van der Waals surface area (Å²) < 4.78 is 18.7. The molecule has 0 saturated heterocycles. The highest BCUT2D eigenvalue weighted by Crippen LogP contribution is 2.25.